The number of benzene rings is 2. The normalized spacial score (nSPS) is 10.7. The summed E-state index contributed by atoms with van der Waals surface area (Å²) in [5.74, 6) is 0.996. The maximum absolute atomic E-state index is 12.2. The fraction of sp³-hybridized carbons (Fsp3) is 0.250. The summed E-state index contributed by atoms with van der Waals surface area (Å²) in [5.41, 5.74) is 4.00. The van der Waals surface area contributed by atoms with Crippen molar-refractivity contribution in [3.05, 3.63) is 54.1 Å². The van der Waals surface area contributed by atoms with E-state index < -0.39 is 0 Å². The van der Waals surface area contributed by atoms with Crippen LogP contribution in [0.1, 0.15) is 5.56 Å². The van der Waals surface area contributed by atoms with Crippen LogP contribution in [0.3, 0.4) is 0 Å². The number of para-hydroxylation sites is 1. The Labute approximate surface area is 163 Å². The first kappa shape index (κ1) is 19.0. The molecule has 0 bridgehead atoms. The molecule has 0 aliphatic rings. The van der Waals surface area contributed by atoms with Crippen molar-refractivity contribution in [1.29, 1.82) is 0 Å². The number of aryl methyl sites for hydroxylation is 1. The lowest BCUT2D eigenvalue weighted by Crippen LogP contribution is -2.15. The number of nitrogens with zero attached hydrogens (tertiary/aromatic N) is 4. The molecular formula is C20H23N5OS. The van der Waals surface area contributed by atoms with E-state index in [4.69, 9.17) is 0 Å². The third kappa shape index (κ3) is 4.49. The second-order valence-electron chi connectivity index (χ2n) is 6.46. The van der Waals surface area contributed by atoms with E-state index in [1.165, 1.54) is 11.8 Å². The third-order valence-electron chi connectivity index (χ3n) is 4.23. The second kappa shape index (κ2) is 8.26. The number of nitrogens with one attached hydrogen (secondary N) is 1. The topological polar surface area (TPSA) is 63.1 Å². The molecule has 2 aromatic carbocycles. The van der Waals surface area contributed by atoms with Gasteiger partial charge in [0.05, 0.1) is 5.75 Å². The van der Waals surface area contributed by atoms with E-state index in [1.54, 1.807) is 0 Å². The van der Waals surface area contributed by atoms with Gasteiger partial charge in [-0.15, -0.1) is 10.2 Å². The van der Waals surface area contributed by atoms with Gasteiger partial charge in [-0.25, -0.2) is 0 Å². The minimum atomic E-state index is -0.0609. The second-order valence-corrected chi connectivity index (χ2v) is 7.40. The summed E-state index contributed by atoms with van der Waals surface area (Å²) in [5, 5.41) is 12.2. The first-order chi connectivity index (χ1) is 13.0. The van der Waals surface area contributed by atoms with Crippen LogP contribution in [0, 0.1) is 6.92 Å². The van der Waals surface area contributed by atoms with Crippen LogP contribution in [-0.4, -0.2) is 40.5 Å². The Morgan fingerprint density at radius 1 is 1.11 bits per heavy atom. The molecule has 7 heteroatoms. The summed E-state index contributed by atoms with van der Waals surface area (Å²) in [6.07, 6.45) is 0. The van der Waals surface area contributed by atoms with Crippen LogP contribution in [-0.2, 0) is 11.8 Å². The number of carbonyl (C=O) groups is 1. The first-order valence-electron chi connectivity index (χ1n) is 8.61. The molecule has 0 fully saturated rings. The molecule has 140 valence electrons. The van der Waals surface area contributed by atoms with Crippen molar-refractivity contribution in [2.75, 3.05) is 30.1 Å². The average Bonchev–Trinajstić information content (AvgIpc) is 3.02. The highest BCUT2D eigenvalue weighted by Crippen LogP contribution is 2.24. The lowest BCUT2D eigenvalue weighted by molar-refractivity contribution is -0.113. The van der Waals surface area contributed by atoms with Crippen molar-refractivity contribution in [3.63, 3.8) is 0 Å². The van der Waals surface area contributed by atoms with Crippen LogP contribution in [0.25, 0.3) is 11.4 Å². The average molecular weight is 382 g/mol. The molecule has 0 atom stereocenters. The number of aromatic nitrogens is 3. The van der Waals surface area contributed by atoms with Gasteiger partial charge in [0.1, 0.15) is 0 Å². The largest absolute Gasteiger partial charge is 0.378 e. The molecule has 3 rings (SSSR count). The van der Waals surface area contributed by atoms with Crippen LogP contribution in [0.5, 0.6) is 0 Å². The molecule has 0 radical (unpaired) electrons. The quantitative estimate of drug-likeness (QED) is 0.661. The Kier molecular flexibility index (Phi) is 5.81. The molecule has 1 N–H and O–H groups in total. The smallest absolute Gasteiger partial charge is 0.234 e. The van der Waals surface area contributed by atoms with Gasteiger partial charge < -0.3 is 14.8 Å². The highest BCUT2D eigenvalue weighted by molar-refractivity contribution is 7.99. The Balaban J connectivity index is 1.65. The molecule has 6 nitrogen and oxygen atoms in total. The number of amides is 1. The van der Waals surface area contributed by atoms with Crippen LogP contribution in [0.4, 0.5) is 11.4 Å². The highest BCUT2D eigenvalue weighted by atomic mass is 32.2. The molecule has 0 saturated heterocycles. The number of hydrogen-bond donors (Lipinski definition) is 1. The first-order valence-corrected chi connectivity index (χ1v) is 9.59. The summed E-state index contributed by atoms with van der Waals surface area (Å²) in [6.45, 7) is 1.97. The molecule has 3 aromatic rings. The molecule has 0 aliphatic carbocycles. The summed E-state index contributed by atoms with van der Waals surface area (Å²) < 4.78 is 1.91. The maximum Gasteiger partial charge on any atom is 0.234 e. The summed E-state index contributed by atoms with van der Waals surface area (Å²) in [4.78, 5) is 14.3. The van der Waals surface area contributed by atoms with Crippen LogP contribution in [0.15, 0.2) is 53.7 Å². The van der Waals surface area contributed by atoms with Gasteiger partial charge in [-0.2, -0.15) is 0 Å². The highest BCUT2D eigenvalue weighted by Gasteiger charge is 2.13. The Morgan fingerprint density at radius 2 is 1.81 bits per heavy atom. The van der Waals surface area contributed by atoms with Gasteiger partial charge in [0.25, 0.3) is 0 Å². The number of anilines is 2. The summed E-state index contributed by atoms with van der Waals surface area (Å²) in [7, 11) is 5.93. The monoisotopic (exact) mass is 381 g/mol. The number of carbonyl (C=O) groups excluding carboxylic acids is 1. The zero-order valence-electron chi connectivity index (χ0n) is 15.9. The fourth-order valence-electron chi connectivity index (χ4n) is 2.63. The van der Waals surface area contributed by atoms with E-state index in [2.05, 4.69) is 20.4 Å². The van der Waals surface area contributed by atoms with Crippen molar-refractivity contribution in [1.82, 2.24) is 14.8 Å². The number of rotatable bonds is 6. The van der Waals surface area contributed by atoms with Crippen molar-refractivity contribution >= 4 is 29.0 Å². The van der Waals surface area contributed by atoms with Gasteiger partial charge in [-0.3, -0.25) is 4.79 Å². The summed E-state index contributed by atoms with van der Waals surface area (Å²) >= 11 is 1.37. The van der Waals surface area contributed by atoms with Crippen LogP contribution >= 0.6 is 11.8 Å². The van der Waals surface area contributed by atoms with Crippen LogP contribution in [0.2, 0.25) is 0 Å². The lowest BCUT2D eigenvalue weighted by atomic mass is 10.2. The molecule has 1 aromatic heterocycles. The summed E-state index contributed by atoms with van der Waals surface area (Å²) in [6, 6.07) is 15.9. The number of thioether (sulfide) groups is 1. The zero-order valence-corrected chi connectivity index (χ0v) is 16.7. The Morgan fingerprint density at radius 3 is 2.48 bits per heavy atom. The maximum atomic E-state index is 12.2. The van der Waals surface area contributed by atoms with Gasteiger partial charge in [-0.05, 0) is 42.8 Å². The molecule has 0 saturated carbocycles. The molecule has 0 unspecified atom stereocenters. The predicted molar refractivity (Wildman–Crippen MR) is 111 cm³/mol. The lowest BCUT2D eigenvalue weighted by Gasteiger charge is -2.12. The van der Waals surface area contributed by atoms with Crippen molar-refractivity contribution in [2.45, 2.75) is 12.1 Å². The van der Waals surface area contributed by atoms with E-state index in [9.17, 15) is 4.79 Å². The Hall–Kier alpha value is -2.80. The van der Waals surface area contributed by atoms with E-state index in [1.807, 2.05) is 81.2 Å². The van der Waals surface area contributed by atoms with Crippen LogP contribution < -0.4 is 10.2 Å². The van der Waals surface area contributed by atoms with E-state index >= 15 is 0 Å². The molecule has 0 spiro atoms. The molecular weight excluding hydrogens is 358 g/mol. The minimum Gasteiger partial charge on any atom is -0.378 e. The fourth-order valence-corrected chi connectivity index (χ4v) is 3.34. The Bertz CT molecular complexity index is 934. The van der Waals surface area contributed by atoms with E-state index in [0.717, 1.165) is 28.3 Å². The molecule has 1 amide bonds. The SMILES string of the molecule is Cc1ccccc1NC(=O)CSc1nnc(-c2ccc(N(C)C)cc2)n1C. The van der Waals surface area contributed by atoms with Crippen molar-refractivity contribution in [3.8, 4) is 11.4 Å². The van der Waals surface area contributed by atoms with Gasteiger partial charge in [0.2, 0.25) is 5.91 Å². The van der Waals surface area contributed by atoms with E-state index in [-0.39, 0.29) is 11.7 Å². The van der Waals surface area contributed by atoms with Crippen molar-refractivity contribution < 1.29 is 4.79 Å². The van der Waals surface area contributed by atoms with Gasteiger partial charge in [-0.1, -0.05) is 30.0 Å². The zero-order chi connectivity index (χ0) is 19.4. The predicted octanol–water partition coefficient (Wildman–Crippen LogP) is 3.59. The third-order valence-corrected chi connectivity index (χ3v) is 5.25. The minimum absolute atomic E-state index is 0.0609. The van der Waals surface area contributed by atoms with Gasteiger partial charge in [0.15, 0.2) is 11.0 Å². The van der Waals surface area contributed by atoms with Gasteiger partial charge >= 0.3 is 0 Å². The molecule has 27 heavy (non-hydrogen) atoms. The van der Waals surface area contributed by atoms with Crippen molar-refractivity contribution in [2.24, 2.45) is 7.05 Å². The van der Waals surface area contributed by atoms with Gasteiger partial charge in [0, 0.05) is 38.1 Å². The number of hydrogen-bond acceptors (Lipinski definition) is 5. The molecule has 0 aliphatic heterocycles. The standard InChI is InChI=1S/C20H23N5OS/c1-14-7-5-6-8-17(14)21-18(26)13-27-20-23-22-19(25(20)4)15-9-11-16(12-10-15)24(2)3/h5-12H,13H2,1-4H3,(H,21,26). The van der Waals surface area contributed by atoms with E-state index in [0.29, 0.717) is 5.16 Å². The molecule has 1 heterocycles.